The van der Waals surface area contributed by atoms with Crippen LogP contribution in [0.2, 0.25) is 25.1 Å². The standard InChI is InChI=1S/C21H20ClN3O.C20H19ClN2O.C19H20ClN5O.C18H18ClN5O.C18H17ClN4O.C16H16N4OS/c22-17-5-2-6-18(10-17)25-13-23-19-9-14(7-8-20(19)25)21(26)24-11-15-3-1-4-16(15)12-24;21-16-6-4-5-14(11-16)18-13-22-19-12-15(7-8-17(18)19)20(24)23-9-2-1-3-10-23;1-12-3-5-24(6-4-12)19(26)14-7-16-17(20)11-25(18(16)23-8-14)15-9-21-13(2)22-10-15;1-12-2-6-23(7-3-12)18(25)13-8-14-15(19)11-24(17(14)22-9-13)16-10-20-4-5-21-16;19-14-5-4-6-15(10-14)23-12-21-16-9-13(11-20-17(16)23)18(24)22-7-2-1-3-8-22;21-16(19-5-2-1-3-6-19)13-8-12-4-7-20(15(12)17-9-13)14-10-22-11-18-14/h2,5-10,13,15-16H,1,3-4,11-12H2;4-8,11-13,22H,1-3,9-10H2;7-12H,3-6H2,1-2H3;4-5,8-12H,2-3,6-7H2,1H3;4-6,9-12H,1-3,7-8H2;4,7-11H,1-3,5-6H2. The van der Waals surface area contributed by atoms with Crippen molar-refractivity contribution < 1.29 is 28.8 Å². The highest BCUT2D eigenvalue weighted by Crippen LogP contribution is 2.40. The number of nitrogens with one attached hydrogen (secondary N) is 1. The number of hydrogen-bond acceptors (Lipinski definition) is 18. The average Bonchev–Trinajstić information content (AvgIpc) is 0.983. The molecule has 13 aromatic heterocycles. The number of benzene rings is 5. The molecular formula is C112H110Cl5N23O6S. The van der Waals surface area contributed by atoms with Crippen molar-refractivity contribution in [2.75, 3.05) is 78.5 Å². The van der Waals surface area contributed by atoms with Gasteiger partial charge in [0.25, 0.3) is 35.4 Å². The Morgan fingerprint density at radius 3 is 1.42 bits per heavy atom. The highest BCUT2D eigenvalue weighted by atomic mass is 35.5. The molecule has 2 atom stereocenters. The van der Waals surface area contributed by atoms with E-state index in [1.807, 2.05) is 212 Å². The summed E-state index contributed by atoms with van der Waals surface area (Å²) in [5.74, 6) is 5.44. The quantitative estimate of drug-likeness (QED) is 0.119. The fraction of sp³-hybridized carbons (Fsp3) is 0.312. The van der Waals surface area contributed by atoms with Crippen LogP contribution in [-0.2, 0) is 0 Å². The number of aromatic amines is 1. The van der Waals surface area contributed by atoms with E-state index in [4.69, 9.17) is 58.0 Å². The summed E-state index contributed by atoms with van der Waals surface area (Å²) < 4.78 is 9.43. The highest BCUT2D eigenvalue weighted by Gasteiger charge is 2.39. The van der Waals surface area contributed by atoms with Gasteiger partial charge in [0.2, 0.25) is 0 Å². The maximum Gasteiger partial charge on any atom is 0.255 e. The molecule has 1 aliphatic carbocycles. The van der Waals surface area contributed by atoms with Gasteiger partial charge >= 0.3 is 0 Å². The van der Waals surface area contributed by atoms with Crippen LogP contribution >= 0.6 is 69.3 Å². The number of rotatable bonds is 12. The third-order valence-electron chi connectivity index (χ3n) is 28.7. The Morgan fingerprint density at radius 1 is 0.367 bits per heavy atom. The SMILES string of the molecule is CC1CCN(C(=O)c2cnc3c(c2)c(Cl)cn3-c2cnccn2)CC1.Cc1ncc(-n2cc(Cl)c3cc(C(=O)N4CCC(C)CC4)cnc32)cn1.O=C(c1ccc2c(-c3cccc(Cl)c3)c[nH]c2c1)N1CCCCC1.O=C(c1ccc2c(c1)ncn2-c1cccc(Cl)c1)N1CC2CCCC2C1.O=C(c1cnc2c(c1)ncn2-c1cccc(Cl)c1)N1CCCCC1.O=C(c1cnc2c(ccn2-c2cscn2)c1)N1CCCCC1. The van der Waals surface area contributed by atoms with Crippen molar-refractivity contribution in [1.29, 1.82) is 0 Å². The number of pyridine rings is 4. The summed E-state index contributed by atoms with van der Waals surface area (Å²) in [6, 6.07) is 44.1. The zero-order valence-electron chi connectivity index (χ0n) is 81.8. The van der Waals surface area contributed by atoms with E-state index in [1.165, 1.54) is 38.5 Å². The molecule has 29 nitrogen and oxygen atoms in total. The average molecular weight is 2080 g/mol. The second-order valence-electron chi connectivity index (χ2n) is 38.7. The summed E-state index contributed by atoms with van der Waals surface area (Å²) in [5.41, 5.74) is 16.9. The molecule has 0 radical (unpaired) electrons. The number of carbonyl (C=O) groups is 6. The minimum atomic E-state index is 0.0182. The maximum absolute atomic E-state index is 12.9. The maximum atomic E-state index is 12.9. The number of likely N-dealkylation sites (tertiary alicyclic amines) is 6. The van der Waals surface area contributed by atoms with Crippen molar-refractivity contribution in [2.45, 2.75) is 124 Å². The van der Waals surface area contributed by atoms with Crippen molar-refractivity contribution in [3.05, 3.63) is 308 Å². The number of halogens is 5. The van der Waals surface area contributed by atoms with E-state index >= 15 is 0 Å². The van der Waals surface area contributed by atoms with Gasteiger partial charge in [0, 0.05) is 210 Å². The lowest BCUT2D eigenvalue weighted by molar-refractivity contribution is 0.0689. The van der Waals surface area contributed by atoms with E-state index in [0.717, 1.165) is 237 Å². The number of piperidine rings is 5. The molecular weight excluding hydrogens is 1970 g/mol. The topological polar surface area (TPSA) is 304 Å². The molecule has 35 heteroatoms. The summed E-state index contributed by atoms with van der Waals surface area (Å²) in [6.07, 6.45) is 44.1. The molecule has 1 saturated carbocycles. The number of hydrogen-bond donors (Lipinski definition) is 1. The third-order valence-corrected chi connectivity index (χ3v) is 30.6. The number of carbonyl (C=O) groups excluding carboxylic acids is 6. The molecule has 0 bridgehead atoms. The second-order valence-corrected chi connectivity index (χ2v) is 41.5. The van der Waals surface area contributed by atoms with Gasteiger partial charge in [-0.1, -0.05) is 109 Å². The van der Waals surface area contributed by atoms with Crippen molar-refractivity contribution >= 4 is 171 Å². The van der Waals surface area contributed by atoms with Crippen LogP contribution in [0.15, 0.2) is 244 Å². The number of fused-ring (bicyclic) bond motifs is 7. The molecule has 6 amide bonds. The van der Waals surface area contributed by atoms with Gasteiger partial charge in [0.1, 0.15) is 46.8 Å². The van der Waals surface area contributed by atoms with Crippen LogP contribution in [0.5, 0.6) is 0 Å². The van der Waals surface area contributed by atoms with Crippen molar-refractivity contribution in [3.8, 4) is 39.8 Å². The Morgan fingerprint density at radius 2 is 0.857 bits per heavy atom. The number of thiazole rings is 1. The van der Waals surface area contributed by atoms with Gasteiger partial charge < -0.3 is 34.4 Å². The van der Waals surface area contributed by atoms with Crippen molar-refractivity contribution in [2.24, 2.45) is 23.7 Å². The van der Waals surface area contributed by atoms with Crippen LogP contribution in [0, 0.1) is 30.6 Å². The zero-order chi connectivity index (χ0) is 101. The lowest BCUT2D eigenvalue weighted by Gasteiger charge is -2.30. The zero-order valence-corrected chi connectivity index (χ0v) is 86.4. The molecule has 1 N–H and O–H groups in total. The number of H-pyrrole nitrogens is 1. The minimum Gasteiger partial charge on any atom is -0.361 e. The molecule has 2 unspecified atom stereocenters. The van der Waals surface area contributed by atoms with Gasteiger partial charge in [-0.05, 0) is 242 Å². The Labute approximate surface area is 879 Å². The predicted molar refractivity (Wildman–Crippen MR) is 578 cm³/mol. The first-order valence-electron chi connectivity index (χ1n) is 50.3. The summed E-state index contributed by atoms with van der Waals surface area (Å²) in [6.45, 7) is 16.4. The Balaban J connectivity index is 0.000000107. The van der Waals surface area contributed by atoms with E-state index in [0.29, 0.717) is 100 Å². The van der Waals surface area contributed by atoms with Gasteiger partial charge in [0.15, 0.2) is 11.5 Å². The van der Waals surface area contributed by atoms with Gasteiger partial charge in [-0.3, -0.25) is 56.6 Å². The van der Waals surface area contributed by atoms with Crippen LogP contribution in [-0.4, -0.2) is 226 Å². The number of amides is 6. The summed E-state index contributed by atoms with van der Waals surface area (Å²) >= 11 is 32.6. The van der Waals surface area contributed by atoms with Gasteiger partial charge in [0.05, 0.1) is 78.8 Å². The van der Waals surface area contributed by atoms with E-state index in [2.05, 4.69) is 73.7 Å². The summed E-state index contributed by atoms with van der Waals surface area (Å²) in [7, 11) is 0. The largest absolute Gasteiger partial charge is 0.361 e. The van der Waals surface area contributed by atoms with Crippen LogP contribution in [0.3, 0.4) is 0 Å². The fourth-order valence-electron chi connectivity index (χ4n) is 20.5. The molecule has 6 saturated heterocycles. The number of aromatic nitrogens is 17. The van der Waals surface area contributed by atoms with E-state index < -0.39 is 0 Å². The second kappa shape index (κ2) is 45.5. The first kappa shape index (κ1) is 100. The Hall–Kier alpha value is -14.1. The van der Waals surface area contributed by atoms with Gasteiger partial charge in [-0.25, -0.2) is 49.8 Å². The number of nitrogens with zero attached hydrogens (tertiary/aromatic N) is 22. The molecule has 19 heterocycles. The highest BCUT2D eigenvalue weighted by molar-refractivity contribution is 7.07. The lowest BCUT2D eigenvalue weighted by atomic mass is 9.99. The molecule has 7 fully saturated rings. The number of imidazole rings is 2. The molecule has 5 aromatic carbocycles. The summed E-state index contributed by atoms with van der Waals surface area (Å²) in [4.78, 5) is 139. The normalized spacial score (nSPS) is 16.5. The third kappa shape index (κ3) is 22.7. The monoisotopic (exact) mass is 2080 g/mol. The van der Waals surface area contributed by atoms with E-state index in [9.17, 15) is 28.8 Å². The minimum absolute atomic E-state index is 0.0182. The van der Waals surface area contributed by atoms with Crippen molar-refractivity contribution in [1.82, 2.24) is 112 Å². The predicted octanol–water partition coefficient (Wildman–Crippen LogP) is 23.5. The first-order valence-corrected chi connectivity index (χ1v) is 53.1. The van der Waals surface area contributed by atoms with Crippen molar-refractivity contribution in [3.63, 3.8) is 0 Å². The van der Waals surface area contributed by atoms with E-state index in [-0.39, 0.29) is 35.4 Å². The molecule has 25 rings (SSSR count). The van der Waals surface area contributed by atoms with Gasteiger partial charge in [-0.2, -0.15) is 0 Å². The molecule has 6 aliphatic heterocycles. The molecule has 147 heavy (non-hydrogen) atoms. The van der Waals surface area contributed by atoms with Crippen LogP contribution in [0.25, 0.3) is 106 Å². The fourth-order valence-corrected chi connectivity index (χ4v) is 22.1. The molecule has 18 aromatic rings. The van der Waals surface area contributed by atoms with Crippen LogP contribution < -0.4 is 0 Å². The molecule has 750 valence electrons. The van der Waals surface area contributed by atoms with E-state index in [1.54, 1.807) is 102 Å². The molecule has 0 spiro atoms. The lowest BCUT2D eigenvalue weighted by Crippen LogP contribution is -2.37. The van der Waals surface area contributed by atoms with Crippen LogP contribution in [0.4, 0.5) is 0 Å². The smallest absolute Gasteiger partial charge is 0.255 e. The Kier molecular flexibility index (Phi) is 31.0. The first-order chi connectivity index (χ1) is 71.6. The van der Waals surface area contributed by atoms with Gasteiger partial charge in [-0.15, -0.1) is 11.3 Å². The molecule has 7 aliphatic rings. The number of aryl methyl sites for hydroxylation is 1. The van der Waals surface area contributed by atoms with Crippen LogP contribution in [0.1, 0.15) is 185 Å². The Bertz CT molecular complexity index is 7660. The summed E-state index contributed by atoms with van der Waals surface area (Å²) in [5, 5.41) is 8.70.